The predicted molar refractivity (Wildman–Crippen MR) is 113 cm³/mol. The molecule has 1 unspecified atom stereocenters. The molecule has 3 rings (SSSR count). The molecule has 0 spiro atoms. The van der Waals surface area contributed by atoms with E-state index in [1.165, 1.54) is 10.5 Å². The van der Waals surface area contributed by atoms with Crippen LogP contribution in [-0.4, -0.2) is 18.9 Å². The number of thioether (sulfide) groups is 1. The quantitative estimate of drug-likeness (QED) is 0.377. The Morgan fingerprint density at radius 3 is 2.77 bits per heavy atom. The molecule has 0 fully saturated rings. The van der Waals surface area contributed by atoms with Crippen molar-refractivity contribution < 1.29 is 9.80 Å². The maximum atomic E-state index is 12.0. The molecule has 0 amide bonds. The summed E-state index contributed by atoms with van der Waals surface area (Å²) in [6.45, 7) is 7.68. The number of hydrogen-bond donors (Lipinski definition) is 1. The molecule has 26 heavy (non-hydrogen) atoms. The van der Waals surface area contributed by atoms with E-state index in [-0.39, 0.29) is 10.5 Å². The van der Waals surface area contributed by atoms with Crippen molar-refractivity contribution in [3.63, 3.8) is 0 Å². The van der Waals surface area contributed by atoms with E-state index in [9.17, 15) is 5.21 Å². The van der Waals surface area contributed by atoms with Gasteiger partial charge in [-0.1, -0.05) is 29.8 Å². The number of hydroxylamine groups is 1. The Kier molecular flexibility index (Phi) is 6.33. The summed E-state index contributed by atoms with van der Waals surface area (Å²) in [6, 6.07) is 12.4. The first-order chi connectivity index (χ1) is 12.4. The van der Waals surface area contributed by atoms with E-state index in [0.717, 1.165) is 40.1 Å². The molecule has 140 valence electrons. The van der Waals surface area contributed by atoms with Crippen LogP contribution < -0.4 is 9.80 Å². The molecule has 0 radical (unpaired) electrons. The van der Waals surface area contributed by atoms with Gasteiger partial charge in [0.15, 0.2) is 0 Å². The fourth-order valence-electron chi connectivity index (χ4n) is 3.30. The Balaban J connectivity index is 1.42. The summed E-state index contributed by atoms with van der Waals surface area (Å²) < 4.78 is 7.08. The summed E-state index contributed by atoms with van der Waals surface area (Å²) in [5.41, 5.74) is 3.19. The first-order valence-electron chi connectivity index (χ1n) is 9.06. The second-order valence-corrected chi connectivity index (χ2v) is 9.53. The molecular formula is C21H26BrNO2S. The Labute approximate surface area is 168 Å². The highest BCUT2D eigenvalue weighted by molar-refractivity contribution is 9.10. The topological polar surface area (TPSA) is 36.7 Å². The summed E-state index contributed by atoms with van der Waals surface area (Å²) >= 11 is 5.43. The fraction of sp³-hybridized carbons (Fsp3) is 0.429. The van der Waals surface area contributed by atoms with Crippen LogP contribution >= 0.6 is 27.7 Å². The van der Waals surface area contributed by atoms with Crippen molar-refractivity contribution in [2.24, 2.45) is 0 Å². The lowest BCUT2D eigenvalue weighted by Crippen LogP contribution is -3.01. The first-order valence-corrected chi connectivity index (χ1v) is 10.8. The van der Waals surface area contributed by atoms with Gasteiger partial charge in [-0.15, -0.1) is 11.8 Å². The van der Waals surface area contributed by atoms with Crippen molar-refractivity contribution in [3.8, 4) is 5.75 Å². The first kappa shape index (κ1) is 19.7. The molecule has 1 heterocycles. The lowest BCUT2D eigenvalue weighted by atomic mass is 9.87. The minimum absolute atomic E-state index is 0.0781. The lowest BCUT2D eigenvalue weighted by Gasteiger charge is -2.18. The molecule has 0 saturated heterocycles. The van der Waals surface area contributed by atoms with Crippen LogP contribution in [0.2, 0.25) is 0 Å². The monoisotopic (exact) mass is 435 g/mol. The Morgan fingerprint density at radius 2 is 2.00 bits per heavy atom. The summed E-state index contributed by atoms with van der Waals surface area (Å²) in [5, 5.41) is 12.3. The Hall–Kier alpha value is -1.01. The van der Waals surface area contributed by atoms with Gasteiger partial charge in [-0.05, 0) is 61.4 Å². The van der Waals surface area contributed by atoms with Crippen LogP contribution in [0, 0.1) is 12.1 Å². The predicted octanol–water partition coefficient (Wildman–Crippen LogP) is 5.01. The largest absolute Gasteiger partial charge is 0.629 e. The van der Waals surface area contributed by atoms with Gasteiger partial charge in [0.1, 0.15) is 11.4 Å². The number of halogens is 1. The third-order valence-electron chi connectivity index (χ3n) is 4.83. The molecule has 0 bridgehead atoms. The average Bonchev–Trinajstić information content (AvgIpc) is 2.83. The highest BCUT2D eigenvalue weighted by Gasteiger charge is 2.36. The zero-order valence-corrected chi connectivity index (χ0v) is 18.0. The van der Waals surface area contributed by atoms with E-state index in [4.69, 9.17) is 4.74 Å². The molecule has 3 nitrogen and oxygen atoms in total. The second-order valence-electron chi connectivity index (χ2n) is 7.51. The van der Waals surface area contributed by atoms with Crippen LogP contribution in [0.25, 0.3) is 0 Å². The molecule has 0 saturated carbocycles. The van der Waals surface area contributed by atoms with Crippen LogP contribution in [0.3, 0.4) is 0 Å². The zero-order chi connectivity index (χ0) is 18.7. The van der Waals surface area contributed by atoms with Gasteiger partial charge in [-0.25, -0.2) is 0 Å². The van der Waals surface area contributed by atoms with Crippen molar-refractivity contribution >= 4 is 33.4 Å². The molecule has 1 N–H and O–H groups in total. The Bertz CT molecular complexity index is 779. The number of quaternary nitrogens is 1. The maximum Gasteiger partial charge on any atom is 0.135 e. The van der Waals surface area contributed by atoms with E-state index in [2.05, 4.69) is 61.0 Å². The van der Waals surface area contributed by atoms with Crippen LogP contribution in [-0.2, 0) is 5.41 Å². The zero-order valence-electron chi connectivity index (χ0n) is 15.6. The van der Waals surface area contributed by atoms with Gasteiger partial charge in [0, 0.05) is 26.4 Å². The fourth-order valence-corrected chi connectivity index (χ4v) is 4.55. The minimum atomic E-state index is -0.0781. The molecule has 1 atom stereocenters. The van der Waals surface area contributed by atoms with Crippen LogP contribution in [0.5, 0.6) is 5.75 Å². The summed E-state index contributed by atoms with van der Waals surface area (Å²) in [4.78, 5) is 1.32. The lowest BCUT2D eigenvalue weighted by molar-refractivity contribution is -0.773. The molecular weight excluding hydrogens is 410 g/mol. The third kappa shape index (κ3) is 4.63. The summed E-state index contributed by atoms with van der Waals surface area (Å²) in [5.74, 6) is 1.97. The standard InChI is InChI=1S/C21H26BrNO2S/c1-15-12-17(7-8-19(15)22)26-11-5-4-10-25-16-6-9-20-18(13-16)21(2,3)14-23(20)24/h6-9,12-13,23H,4-5,10-11,14H2,1-3H3. The van der Waals surface area contributed by atoms with Crippen molar-refractivity contribution in [2.45, 2.75) is 43.9 Å². The SMILES string of the molecule is Cc1cc(SCCCCOc2ccc3c(c2)C(C)(C)C[NH+]3[O-])ccc1Br. The normalized spacial score (nSPS) is 18.0. The molecule has 5 heteroatoms. The van der Waals surface area contributed by atoms with Crippen molar-refractivity contribution in [2.75, 3.05) is 18.9 Å². The van der Waals surface area contributed by atoms with Gasteiger partial charge >= 0.3 is 0 Å². The van der Waals surface area contributed by atoms with Crippen molar-refractivity contribution in [1.82, 2.24) is 0 Å². The van der Waals surface area contributed by atoms with Crippen LogP contribution in [0.4, 0.5) is 5.69 Å². The second kappa shape index (κ2) is 8.34. The van der Waals surface area contributed by atoms with Crippen LogP contribution in [0.1, 0.15) is 37.8 Å². The highest BCUT2D eigenvalue weighted by Crippen LogP contribution is 2.34. The number of ether oxygens (including phenoxy) is 1. The highest BCUT2D eigenvalue weighted by atomic mass is 79.9. The number of aryl methyl sites for hydroxylation is 1. The maximum absolute atomic E-state index is 12.0. The van der Waals surface area contributed by atoms with Gasteiger partial charge in [-0.2, -0.15) is 0 Å². The molecule has 2 aromatic carbocycles. The number of rotatable bonds is 7. The number of benzene rings is 2. The van der Waals surface area contributed by atoms with Crippen molar-refractivity contribution in [3.05, 3.63) is 57.2 Å². The van der Waals surface area contributed by atoms with E-state index in [0.29, 0.717) is 13.2 Å². The third-order valence-corrected chi connectivity index (χ3v) is 6.80. The molecule has 1 aliphatic heterocycles. The molecule has 0 aromatic heterocycles. The number of fused-ring (bicyclic) bond motifs is 1. The van der Waals surface area contributed by atoms with E-state index in [1.807, 2.05) is 23.9 Å². The van der Waals surface area contributed by atoms with Gasteiger partial charge in [-0.3, -0.25) is 0 Å². The van der Waals surface area contributed by atoms with Gasteiger partial charge in [0.25, 0.3) is 0 Å². The number of hydrogen-bond acceptors (Lipinski definition) is 3. The Morgan fingerprint density at radius 1 is 1.19 bits per heavy atom. The minimum Gasteiger partial charge on any atom is -0.629 e. The van der Waals surface area contributed by atoms with E-state index < -0.39 is 0 Å². The summed E-state index contributed by atoms with van der Waals surface area (Å²) in [7, 11) is 0. The van der Waals surface area contributed by atoms with Gasteiger partial charge in [0.05, 0.1) is 13.2 Å². The van der Waals surface area contributed by atoms with E-state index in [1.54, 1.807) is 0 Å². The molecule has 2 aromatic rings. The van der Waals surface area contributed by atoms with Crippen molar-refractivity contribution in [1.29, 1.82) is 0 Å². The van der Waals surface area contributed by atoms with Gasteiger partial charge < -0.3 is 15.0 Å². The van der Waals surface area contributed by atoms with Crippen LogP contribution in [0.15, 0.2) is 45.8 Å². The molecule has 1 aliphatic rings. The molecule has 0 aliphatic carbocycles. The van der Waals surface area contributed by atoms with E-state index >= 15 is 0 Å². The van der Waals surface area contributed by atoms with Gasteiger partial charge in [0.2, 0.25) is 0 Å². The smallest absolute Gasteiger partial charge is 0.135 e. The number of nitrogens with one attached hydrogen (secondary N) is 1. The number of unbranched alkanes of at least 4 members (excludes halogenated alkanes) is 1. The average molecular weight is 436 g/mol. The summed E-state index contributed by atoms with van der Waals surface area (Å²) in [6.07, 6.45) is 2.15.